The van der Waals surface area contributed by atoms with Gasteiger partial charge in [-0.25, -0.2) is 5.48 Å². The van der Waals surface area contributed by atoms with Crippen molar-refractivity contribution in [1.82, 2.24) is 5.48 Å². The Bertz CT molecular complexity index is 158. The van der Waals surface area contributed by atoms with Crippen molar-refractivity contribution in [1.29, 1.82) is 0 Å². The second kappa shape index (κ2) is 5.75. The maximum Gasteiger partial charge on any atom is 0.244 e. The summed E-state index contributed by atoms with van der Waals surface area (Å²) in [5.74, 6) is 2.20. The number of terminal acetylenes is 1. The van der Waals surface area contributed by atoms with Crippen molar-refractivity contribution in [3.63, 3.8) is 0 Å². The van der Waals surface area contributed by atoms with E-state index < -0.39 is 0 Å². The maximum atomic E-state index is 10.8. The van der Waals surface area contributed by atoms with Gasteiger partial charge >= 0.3 is 0 Å². The monoisotopic (exact) mass is 155 g/mol. The molecule has 0 aliphatic heterocycles. The Morgan fingerprint density at radius 1 is 1.73 bits per heavy atom. The highest BCUT2D eigenvalue weighted by molar-refractivity contribution is 5.74. The zero-order chi connectivity index (χ0) is 8.69. The molecule has 0 aromatic heterocycles. The molecule has 0 heterocycles. The van der Waals surface area contributed by atoms with Gasteiger partial charge in [-0.1, -0.05) is 0 Å². The lowest BCUT2D eigenvalue weighted by Crippen LogP contribution is -2.26. The lowest BCUT2D eigenvalue weighted by molar-refractivity contribution is -0.136. The van der Waals surface area contributed by atoms with Gasteiger partial charge in [-0.05, 0) is 13.8 Å². The summed E-state index contributed by atoms with van der Waals surface area (Å²) in [6, 6.07) is 0. The van der Waals surface area contributed by atoms with Crippen LogP contribution in [-0.2, 0) is 9.63 Å². The van der Waals surface area contributed by atoms with E-state index in [9.17, 15) is 4.79 Å². The fraction of sp³-hybridized carbons (Fsp3) is 0.625. The zero-order valence-corrected chi connectivity index (χ0v) is 6.89. The van der Waals surface area contributed by atoms with Crippen LogP contribution >= 0.6 is 0 Å². The van der Waals surface area contributed by atoms with E-state index in [-0.39, 0.29) is 12.0 Å². The number of carbonyl (C=O) groups is 1. The Morgan fingerprint density at radius 3 is 2.82 bits per heavy atom. The average Bonchev–Trinajstić information content (AvgIpc) is 1.97. The van der Waals surface area contributed by atoms with Gasteiger partial charge in [-0.2, -0.15) is 0 Å². The van der Waals surface area contributed by atoms with Crippen LogP contribution in [0.5, 0.6) is 0 Å². The van der Waals surface area contributed by atoms with Crippen LogP contribution in [0.3, 0.4) is 0 Å². The van der Waals surface area contributed by atoms with Crippen LogP contribution in [0.4, 0.5) is 0 Å². The van der Waals surface area contributed by atoms with Crippen molar-refractivity contribution >= 4 is 5.91 Å². The molecule has 0 saturated heterocycles. The van der Waals surface area contributed by atoms with E-state index in [0.29, 0.717) is 12.8 Å². The van der Waals surface area contributed by atoms with E-state index in [1.807, 2.05) is 13.8 Å². The number of hydrogen-bond donors (Lipinski definition) is 1. The number of hydroxylamine groups is 1. The molecule has 62 valence electrons. The van der Waals surface area contributed by atoms with E-state index in [4.69, 9.17) is 11.3 Å². The topological polar surface area (TPSA) is 38.3 Å². The molecule has 0 fully saturated rings. The van der Waals surface area contributed by atoms with E-state index in [1.165, 1.54) is 0 Å². The van der Waals surface area contributed by atoms with Gasteiger partial charge in [-0.3, -0.25) is 9.63 Å². The highest BCUT2D eigenvalue weighted by Crippen LogP contribution is 1.88. The third kappa shape index (κ3) is 6.88. The minimum atomic E-state index is -0.170. The van der Waals surface area contributed by atoms with Crippen LogP contribution in [0.1, 0.15) is 26.7 Å². The van der Waals surface area contributed by atoms with Crippen molar-refractivity contribution in [2.24, 2.45) is 0 Å². The Hall–Kier alpha value is -1.01. The third-order valence-electron chi connectivity index (χ3n) is 0.905. The van der Waals surface area contributed by atoms with Crippen LogP contribution in [0.2, 0.25) is 0 Å². The van der Waals surface area contributed by atoms with E-state index >= 15 is 0 Å². The molecule has 3 nitrogen and oxygen atoms in total. The first-order valence-electron chi connectivity index (χ1n) is 3.54. The van der Waals surface area contributed by atoms with Crippen molar-refractivity contribution in [3.05, 3.63) is 0 Å². The van der Waals surface area contributed by atoms with Gasteiger partial charge in [0.25, 0.3) is 0 Å². The molecule has 0 aromatic rings. The first kappa shape index (κ1) is 9.99. The highest BCUT2D eigenvalue weighted by Gasteiger charge is 1.99. The van der Waals surface area contributed by atoms with Gasteiger partial charge in [0.15, 0.2) is 0 Å². The maximum absolute atomic E-state index is 10.8. The second-order valence-electron chi connectivity index (χ2n) is 2.40. The van der Waals surface area contributed by atoms with Gasteiger partial charge in [0.2, 0.25) is 5.91 Å². The molecule has 0 aromatic carbocycles. The summed E-state index contributed by atoms with van der Waals surface area (Å²) < 4.78 is 0. The summed E-state index contributed by atoms with van der Waals surface area (Å²) in [7, 11) is 0. The molecule has 0 radical (unpaired) electrons. The Morgan fingerprint density at radius 2 is 2.36 bits per heavy atom. The molecular formula is C8H13NO2. The predicted octanol–water partition coefficient (Wildman–Crippen LogP) is 0.856. The van der Waals surface area contributed by atoms with Crippen molar-refractivity contribution in [2.75, 3.05) is 0 Å². The molecule has 11 heavy (non-hydrogen) atoms. The normalized spacial score (nSPS) is 9.27. The van der Waals surface area contributed by atoms with Crippen LogP contribution in [-0.4, -0.2) is 12.0 Å². The lowest BCUT2D eigenvalue weighted by Gasteiger charge is -2.06. The summed E-state index contributed by atoms with van der Waals surface area (Å²) in [6.07, 6.45) is 5.74. The Balaban J connectivity index is 3.32. The lowest BCUT2D eigenvalue weighted by atomic mass is 10.3. The predicted molar refractivity (Wildman–Crippen MR) is 42.4 cm³/mol. The smallest absolute Gasteiger partial charge is 0.244 e. The minimum absolute atomic E-state index is 0.00443. The molecule has 0 aliphatic rings. The number of rotatable bonds is 4. The van der Waals surface area contributed by atoms with Gasteiger partial charge < -0.3 is 0 Å². The van der Waals surface area contributed by atoms with E-state index in [0.717, 1.165) is 0 Å². The average molecular weight is 155 g/mol. The molecule has 0 saturated carbocycles. The summed E-state index contributed by atoms with van der Waals surface area (Å²) in [5.41, 5.74) is 2.28. The number of nitrogens with one attached hydrogen (secondary N) is 1. The van der Waals surface area contributed by atoms with Crippen molar-refractivity contribution < 1.29 is 9.63 Å². The zero-order valence-electron chi connectivity index (χ0n) is 6.89. The molecule has 0 rings (SSSR count). The standard InChI is InChI=1S/C8H13NO2/c1-4-5-6-8(10)9-11-7(2)3/h1,7H,5-6H2,2-3H3,(H,9,10). The number of carbonyl (C=O) groups excluding carboxylic acids is 1. The molecule has 0 unspecified atom stereocenters. The van der Waals surface area contributed by atoms with Crippen molar-refractivity contribution in [2.45, 2.75) is 32.8 Å². The molecule has 0 spiro atoms. The SMILES string of the molecule is C#CCCC(=O)NOC(C)C. The second-order valence-corrected chi connectivity index (χ2v) is 2.40. The molecule has 1 N–H and O–H groups in total. The first-order chi connectivity index (χ1) is 5.16. The molecule has 3 heteroatoms. The third-order valence-corrected chi connectivity index (χ3v) is 0.905. The van der Waals surface area contributed by atoms with Crippen molar-refractivity contribution in [3.8, 4) is 12.3 Å². The quantitative estimate of drug-likeness (QED) is 0.483. The van der Waals surface area contributed by atoms with Crippen LogP contribution < -0.4 is 5.48 Å². The molecule has 0 aliphatic carbocycles. The Kier molecular flexibility index (Phi) is 5.22. The van der Waals surface area contributed by atoms with Crippen LogP contribution in [0.25, 0.3) is 0 Å². The largest absolute Gasteiger partial charge is 0.273 e. The van der Waals surface area contributed by atoms with Gasteiger partial charge in [0.05, 0.1) is 6.10 Å². The fourth-order valence-electron chi connectivity index (χ4n) is 0.420. The minimum Gasteiger partial charge on any atom is -0.273 e. The molecule has 0 bridgehead atoms. The summed E-state index contributed by atoms with van der Waals surface area (Å²) in [6.45, 7) is 3.67. The van der Waals surface area contributed by atoms with Gasteiger partial charge in [0.1, 0.15) is 0 Å². The molecule has 1 amide bonds. The Labute approximate surface area is 67.1 Å². The molecular weight excluding hydrogens is 142 g/mol. The summed E-state index contributed by atoms with van der Waals surface area (Å²) in [4.78, 5) is 15.6. The van der Waals surface area contributed by atoms with Crippen LogP contribution in [0.15, 0.2) is 0 Å². The van der Waals surface area contributed by atoms with E-state index in [1.54, 1.807) is 0 Å². The first-order valence-corrected chi connectivity index (χ1v) is 3.54. The molecule has 0 atom stereocenters. The summed E-state index contributed by atoms with van der Waals surface area (Å²) >= 11 is 0. The van der Waals surface area contributed by atoms with Crippen LogP contribution in [0, 0.1) is 12.3 Å². The van der Waals surface area contributed by atoms with E-state index in [2.05, 4.69) is 11.4 Å². The number of amides is 1. The summed E-state index contributed by atoms with van der Waals surface area (Å²) in [5, 5.41) is 0. The number of hydrogen-bond acceptors (Lipinski definition) is 2. The van der Waals surface area contributed by atoms with Gasteiger partial charge in [0, 0.05) is 12.8 Å². The highest BCUT2D eigenvalue weighted by atomic mass is 16.7. The fourth-order valence-corrected chi connectivity index (χ4v) is 0.420. The van der Waals surface area contributed by atoms with Gasteiger partial charge in [-0.15, -0.1) is 12.3 Å².